The van der Waals surface area contributed by atoms with Gasteiger partial charge in [0.25, 0.3) is 11.8 Å². The highest BCUT2D eigenvalue weighted by Crippen LogP contribution is 2.33. The molecule has 0 aliphatic carbocycles. The number of halogens is 2. The van der Waals surface area contributed by atoms with E-state index >= 15 is 0 Å². The van der Waals surface area contributed by atoms with Crippen LogP contribution < -0.4 is 4.74 Å². The molecular weight excluding hydrogens is 561 g/mol. The Hall–Kier alpha value is -3.81. The SMILES string of the molecule is Cc1onc(-c2ccccc2Cl)c1C(=O)N1CCCCN(C)C(=O)c2cc(Cl)ccc2OC[C@@H]1Cc1ccccc1. The quantitative estimate of drug-likeness (QED) is 0.256. The molecule has 0 fully saturated rings. The minimum Gasteiger partial charge on any atom is -0.491 e. The Kier molecular flexibility index (Phi) is 8.96. The molecule has 0 saturated carbocycles. The van der Waals surface area contributed by atoms with E-state index in [2.05, 4.69) is 5.16 Å². The van der Waals surface area contributed by atoms with Crippen LogP contribution in [0.5, 0.6) is 5.75 Å². The average Bonchev–Trinajstić information content (AvgIpc) is 3.36. The predicted octanol–water partition coefficient (Wildman–Crippen LogP) is 6.96. The standard InChI is InChI=1S/C32H31Cl2N3O4/c1-21-29(30(35-41-21)25-12-6-7-13-27(25)34)32(39)37-17-9-8-16-36(2)31(38)26-19-23(33)14-15-28(26)40-20-24(37)18-22-10-4-3-5-11-22/h3-7,10-15,19,24H,8-9,16-18,20H2,1-2H3/t24-/m0/s1. The molecule has 1 atom stereocenters. The Bertz CT molecular complexity index is 1540. The van der Waals surface area contributed by atoms with E-state index in [0.29, 0.717) is 76.3 Å². The smallest absolute Gasteiger partial charge is 0.260 e. The van der Waals surface area contributed by atoms with E-state index in [1.165, 1.54) is 0 Å². The Balaban J connectivity index is 1.56. The Morgan fingerprint density at radius 3 is 2.49 bits per heavy atom. The van der Waals surface area contributed by atoms with Gasteiger partial charge in [-0.25, -0.2) is 0 Å². The summed E-state index contributed by atoms with van der Waals surface area (Å²) >= 11 is 12.8. The monoisotopic (exact) mass is 591 g/mol. The van der Waals surface area contributed by atoms with Gasteiger partial charge in [0.1, 0.15) is 29.4 Å². The molecule has 2 heterocycles. The van der Waals surface area contributed by atoms with Crippen LogP contribution in [-0.4, -0.2) is 59.6 Å². The zero-order chi connectivity index (χ0) is 28.9. The molecule has 0 unspecified atom stereocenters. The first kappa shape index (κ1) is 28.7. The minimum absolute atomic E-state index is 0.153. The van der Waals surface area contributed by atoms with Crippen molar-refractivity contribution in [3.05, 3.63) is 105 Å². The zero-order valence-electron chi connectivity index (χ0n) is 23.0. The van der Waals surface area contributed by atoms with Crippen molar-refractivity contribution >= 4 is 35.0 Å². The summed E-state index contributed by atoms with van der Waals surface area (Å²) in [4.78, 5) is 31.2. The number of benzene rings is 3. The summed E-state index contributed by atoms with van der Waals surface area (Å²) in [5.41, 5.74) is 2.88. The highest BCUT2D eigenvalue weighted by molar-refractivity contribution is 6.33. The minimum atomic E-state index is -0.353. The fraction of sp³-hybridized carbons (Fsp3) is 0.281. The number of hydrogen-bond acceptors (Lipinski definition) is 5. The lowest BCUT2D eigenvalue weighted by Crippen LogP contribution is -2.46. The van der Waals surface area contributed by atoms with E-state index in [4.69, 9.17) is 32.5 Å². The number of aromatic nitrogens is 1. The maximum absolute atomic E-state index is 14.5. The van der Waals surface area contributed by atoms with Crippen molar-refractivity contribution in [2.24, 2.45) is 0 Å². The summed E-state index contributed by atoms with van der Waals surface area (Å²) in [6, 6.07) is 21.9. The molecule has 9 heteroatoms. The molecule has 1 aromatic heterocycles. The Morgan fingerprint density at radius 2 is 1.71 bits per heavy atom. The van der Waals surface area contributed by atoms with Crippen LogP contribution in [0.3, 0.4) is 0 Å². The molecule has 3 aromatic carbocycles. The van der Waals surface area contributed by atoms with Crippen molar-refractivity contribution in [2.75, 3.05) is 26.7 Å². The lowest BCUT2D eigenvalue weighted by molar-refractivity contribution is 0.0589. The second-order valence-electron chi connectivity index (χ2n) is 10.2. The number of fused-ring (bicyclic) bond motifs is 1. The summed E-state index contributed by atoms with van der Waals surface area (Å²) in [6.45, 7) is 2.88. The van der Waals surface area contributed by atoms with Gasteiger partial charge in [-0.05, 0) is 56.0 Å². The molecule has 1 aliphatic rings. The van der Waals surface area contributed by atoms with Gasteiger partial charge in [-0.1, -0.05) is 76.9 Å². The third kappa shape index (κ3) is 6.42. The first-order valence-corrected chi connectivity index (χ1v) is 14.3. The molecule has 1 aliphatic heterocycles. The van der Waals surface area contributed by atoms with Crippen molar-refractivity contribution in [3.63, 3.8) is 0 Å². The number of nitrogens with zero attached hydrogens (tertiary/aromatic N) is 3. The van der Waals surface area contributed by atoms with Gasteiger partial charge in [-0.3, -0.25) is 9.59 Å². The van der Waals surface area contributed by atoms with E-state index in [0.717, 1.165) is 5.56 Å². The Morgan fingerprint density at radius 1 is 0.976 bits per heavy atom. The van der Waals surface area contributed by atoms with Crippen molar-refractivity contribution in [1.29, 1.82) is 0 Å². The van der Waals surface area contributed by atoms with Gasteiger partial charge in [0.2, 0.25) is 0 Å². The van der Waals surface area contributed by atoms with Crippen molar-refractivity contribution < 1.29 is 18.8 Å². The number of aryl methyl sites for hydroxylation is 1. The third-order valence-electron chi connectivity index (χ3n) is 7.31. The fourth-order valence-corrected chi connectivity index (χ4v) is 5.52. The summed E-state index contributed by atoms with van der Waals surface area (Å²) < 4.78 is 11.9. The molecular formula is C32H31Cl2N3O4. The topological polar surface area (TPSA) is 75.9 Å². The molecule has 4 aromatic rings. The number of ether oxygens (including phenoxy) is 1. The van der Waals surface area contributed by atoms with Gasteiger partial charge in [-0.2, -0.15) is 0 Å². The van der Waals surface area contributed by atoms with Crippen LogP contribution >= 0.6 is 23.2 Å². The first-order valence-electron chi connectivity index (χ1n) is 13.6. The van der Waals surface area contributed by atoms with Crippen LogP contribution in [0.4, 0.5) is 0 Å². The van der Waals surface area contributed by atoms with Gasteiger partial charge >= 0.3 is 0 Å². The maximum Gasteiger partial charge on any atom is 0.260 e. The molecule has 0 bridgehead atoms. The van der Waals surface area contributed by atoms with Crippen LogP contribution in [0.25, 0.3) is 11.3 Å². The zero-order valence-corrected chi connectivity index (χ0v) is 24.5. The molecule has 0 spiro atoms. The van der Waals surface area contributed by atoms with E-state index in [1.54, 1.807) is 43.1 Å². The number of carbonyl (C=O) groups excluding carboxylic acids is 2. The normalized spacial score (nSPS) is 16.4. The van der Waals surface area contributed by atoms with Gasteiger partial charge in [0.05, 0.1) is 16.6 Å². The lowest BCUT2D eigenvalue weighted by Gasteiger charge is -2.33. The summed E-state index contributed by atoms with van der Waals surface area (Å²) in [7, 11) is 1.76. The highest BCUT2D eigenvalue weighted by atomic mass is 35.5. The van der Waals surface area contributed by atoms with Crippen LogP contribution in [0.15, 0.2) is 77.3 Å². The predicted molar refractivity (Wildman–Crippen MR) is 160 cm³/mol. The van der Waals surface area contributed by atoms with E-state index < -0.39 is 0 Å². The van der Waals surface area contributed by atoms with Crippen LogP contribution in [0.2, 0.25) is 10.0 Å². The van der Waals surface area contributed by atoms with Crippen molar-refractivity contribution in [2.45, 2.75) is 32.2 Å². The summed E-state index contributed by atoms with van der Waals surface area (Å²) in [5.74, 6) is 0.483. The number of rotatable bonds is 4. The van der Waals surface area contributed by atoms with Crippen molar-refractivity contribution in [1.82, 2.24) is 15.0 Å². The van der Waals surface area contributed by atoms with E-state index in [9.17, 15) is 9.59 Å². The second-order valence-corrected chi connectivity index (χ2v) is 11.0. The number of carbonyl (C=O) groups is 2. The van der Waals surface area contributed by atoms with Crippen LogP contribution in [0, 0.1) is 6.92 Å². The second kappa shape index (κ2) is 12.8. The lowest BCUT2D eigenvalue weighted by atomic mass is 10.0. The van der Waals surface area contributed by atoms with Crippen molar-refractivity contribution in [3.8, 4) is 17.0 Å². The fourth-order valence-electron chi connectivity index (χ4n) is 5.12. The average molecular weight is 593 g/mol. The van der Waals surface area contributed by atoms with Gasteiger partial charge < -0.3 is 19.1 Å². The van der Waals surface area contributed by atoms with Gasteiger partial charge in [-0.15, -0.1) is 0 Å². The number of amides is 2. The Labute approximate surface area is 249 Å². The largest absolute Gasteiger partial charge is 0.491 e. The molecule has 212 valence electrons. The molecule has 7 nitrogen and oxygen atoms in total. The molecule has 0 N–H and O–H groups in total. The van der Waals surface area contributed by atoms with E-state index in [-0.39, 0.29) is 24.5 Å². The molecule has 2 amide bonds. The highest BCUT2D eigenvalue weighted by Gasteiger charge is 2.32. The molecule has 5 rings (SSSR count). The number of hydrogen-bond donors (Lipinski definition) is 0. The van der Waals surface area contributed by atoms with Gasteiger partial charge in [0, 0.05) is 30.7 Å². The summed E-state index contributed by atoms with van der Waals surface area (Å²) in [5, 5.41) is 5.17. The van der Waals surface area contributed by atoms with Gasteiger partial charge in [0.15, 0.2) is 0 Å². The molecule has 0 radical (unpaired) electrons. The summed E-state index contributed by atoms with van der Waals surface area (Å²) in [6.07, 6.45) is 1.94. The first-order chi connectivity index (χ1) is 19.8. The molecule has 41 heavy (non-hydrogen) atoms. The van der Waals surface area contributed by atoms with E-state index in [1.807, 2.05) is 53.4 Å². The van der Waals surface area contributed by atoms with Crippen LogP contribution in [0.1, 0.15) is 44.9 Å². The third-order valence-corrected chi connectivity index (χ3v) is 7.88. The van der Waals surface area contributed by atoms with Crippen LogP contribution in [-0.2, 0) is 6.42 Å². The maximum atomic E-state index is 14.5. The molecule has 0 saturated heterocycles.